The summed E-state index contributed by atoms with van der Waals surface area (Å²) in [6.45, 7) is 0.546. The fourth-order valence-electron chi connectivity index (χ4n) is 2.38. The van der Waals surface area contributed by atoms with Gasteiger partial charge in [-0.15, -0.1) is 0 Å². The van der Waals surface area contributed by atoms with Crippen molar-refractivity contribution in [2.24, 2.45) is 0 Å². The molecular formula is C15H13N5O. The van der Waals surface area contributed by atoms with Gasteiger partial charge >= 0.3 is 0 Å². The summed E-state index contributed by atoms with van der Waals surface area (Å²) >= 11 is 0. The maximum atomic E-state index is 12.1. The molecule has 0 spiro atoms. The van der Waals surface area contributed by atoms with Crippen LogP contribution >= 0.6 is 0 Å². The van der Waals surface area contributed by atoms with Crippen LogP contribution in [0.1, 0.15) is 12.1 Å². The number of amides is 1. The zero-order valence-electron chi connectivity index (χ0n) is 11.2. The van der Waals surface area contributed by atoms with E-state index >= 15 is 0 Å². The third-order valence-corrected chi connectivity index (χ3v) is 3.34. The average Bonchev–Trinajstić information content (AvgIpc) is 2.89. The molecule has 0 bridgehead atoms. The van der Waals surface area contributed by atoms with Crippen molar-refractivity contribution in [3.8, 4) is 6.07 Å². The number of anilines is 2. The Morgan fingerprint density at radius 1 is 1.24 bits per heavy atom. The lowest BCUT2D eigenvalue weighted by Crippen LogP contribution is -2.28. The smallest absolute Gasteiger partial charge is 0.229 e. The van der Waals surface area contributed by atoms with Gasteiger partial charge < -0.3 is 10.2 Å². The quantitative estimate of drug-likeness (QED) is 0.922. The predicted molar refractivity (Wildman–Crippen MR) is 77.6 cm³/mol. The zero-order valence-corrected chi connectivity index (χ0v) is 11.2. The van der Waals surface area contributed by atoms with Crippen LogP contribution in [0, 0.1) is 11.3 Å². The Hall–Kier alpha value is -2.94. The van der Waals surface area contributed by atoms with Gasteiger partial charge in [-0.25, -0.2) is 9.97 Å². The normalized spacial score (nSPS) is 17.6. The van der Waals surface area contributed by atoms with Crippen molar-refractivity contribution in [3.63, 3.8) is 0 Å². The summed E-state index contributed by atoms with van der Waals surface area (Å²) in [5, 5.41) is 12.1. The molecule has 0 saturated carbocycles. The van der Waals surface area contributed by atoms with Crippen LogP contribution in [-0.4, -0.2) is 28.5 Å². The molecule has 1 aliphatic heterocycles. The first-order chi connectivity index (χ1) is 10.3. The molecule has 1 N–H and O–H groups in total. The van der Waals surface area contributed by atoms with Crippen molar-refractivity contribution < 1.29 is 4.79 Å². The molecule has 1 aromatic heterocycles. The van der Waals surface area contributed by atoms with Gasteiger partial charge in [0, 0.05) is 31.0 Å². The molecule has 21 heavy (non-hydrogen) atoms. The van der Waals surface area contributed by atoms with Crippen molar-refractivity contribution in [3.05, 3.63) is 48.4 Å². The van der Waals surface area contributed by atoms with Crippen LogP contribution in [0.15, 0.2) is 42.7 Å². The van der Waals surface area contributed by atoms with Crippen LogP contribution in [0.3, 0.4) is 0 Å². The number of hydrogen-bond acceptors (Lipinski definition) is 5. The van der Waals surface area contributed by atoms with Gasteiger partial charge in [-0.2, -0.15) is 5.26 Å². The number of aromatic nitrogens is 2. The van der Waals surface area contributed by atoms with E-state index in [4.69, 9.17) is 5.26 Å². The SMILES string of the molecule is N#Cc1nccnc1NC1CC(=O)N(c2ccccc2)C1. The van der Waals surface area contributed by atoms with Gasteiger partial charge in [0.1, 0.15) is 6.07 Å². The molecule has 6 heteroatoms. The zero-order chi connectivity index (χ0) is 14.7. The lowest BCUT2D eigenvalue weighted by atomic mass is 10.2. The second-order valence-electron chi connectivity index (χ2n) is 4.75. The van der Waals surface area contributed by atoms with E-state index in [1.165, 1.54) is 12.4 Å². The highest BCUT2D eigenvalue weighted by molar-refractivity contribution is 5.96. The summed E-state index contributed by atoms with van der Waals surface area (Å²) in [6.07, 6.45) is 3.37. The molecule has 1 aromatic carbocycles. The van der Waals surface area contributed by atoms with Gasteiger partial charge in [0.25, 0.3) is 0 Å². The third-order valence-electron chi connectivity index (χ3n) is 3.34. The summed E-state index contributed by atoms with van der Waals surface area (Å²) in [6, 6.07) is 11.4. The van der Waals surface area contributed by atoms with Crippen molar-refractivity contribution in [2.45, 2.75) is 12.5 Å². The van der Waals surface area contributed by atoms with Crippen molar-refractivity contribution in [1.29, 1.82) is 5.26 Å². The summed E-state index contributed by atoms with van der Waals surface area (Å²) in [7, 11) is 0. The number of rotatable bonds is 3. The minimum Gasteiger partial charge on any atom is -0.363 e. The molecule has 1 unspecified atom stereocenters. The highest BCUT2D eigenvalue weighted by atomic mass is 16.2. The van der Waals surface area contributed by atoms with E-state index in [9.17, 15) is 4.79 Å². The first-order valence-corrected chi connectivity index (χ1v) is 6.61. The van der Waals surface area contributed by atoms with Crippen LogP contribution in [0.4, 0.5) is 11.5 Å². The minimum absolute atomic E-state index is 0.0566. The topological polar surface area (TPSA) is 81.9 Å². The van der Waals surface area contributed by atoms with E-state index in [1.54, 1.807) is 4.90 Å². The van der Waals surface area contributed by atoms with Gasteiger partial charge in [0.15, 0.2) is 11.5 Å². The van der Waals surface area contributed by atoms with E-state index < -0.39 is 0 Å². The molecule has 6 nitrogen and oxygen atoms in total. The minimum atomic E-state index is -0.0819. The van der Waals surface area contributed by atoms with E-state index in [1.807, 2.05) is 36.4 Å². The number of nitrogens with one attached hydrogen (secondary N) is 1. The Morgan fingerprint density at radius 2 is 2.00 bits per heavy atom. The number of carbonyl (C=O) groups is 1. The summed E-state index contributed by atoms with van der Waals surface area (Å²) in [5.74, 6) is 0.480. The molecule has 3 rings (SSSR count). The fourth-order valence-corrected chi connectivity index (χ4v) is 2.38. The fraction of sp³-hybridized carbons (Fsp3) is 0.200. The van der Waals surface area contributed by atoms with Gasteiger partial charge in [0.2, 0.25) is 5.91 Å². The Morgan fingerprint density at radius 3 is 2.76 bits per heavy atom. The maximum Gasteiger partial charge on any atom is 0.229 e. The van der Waals surface area contributed by atoms with E-state index in [0.29, 0.717) is 18.8 Å². The Balaban J connectivity index is 1.75. The van der Waals surface area contributed by atoms with Crippen molar-refractivity contribution in [1.82, 2.24) is 9.97 Å². The van der Waals surface area contributed by atoms with Gasteiger partial charge in [0.05, 0.1) is 6.04 Å². The van der Waals surface area contributed by atoms with Crippen LogP contribution in [0.25, 0.3) is 0 Å². The molecule has 0 aliphatic carbocycles. The monoisotopic (exact) mass is 279 g/mol. The molecule has 2 heterocycles. The number of para-hydroxylation sites is 1. The predicted octanol–water partition coefficient (Wildman–Crippen LogP) is 1.57. The van der Waals surface area contributed by atoms with Crippen LogP contribution in [0.5, 0.6) is 0 Å². The molecule has 0 radical (unpaired) electrons. The molecule has 1 saturated heterocycles. The van der Waals surface area contributed by atoms with E-state index in [2.05, 4.69) is 15.3 Å². The summed E-state index contributed by atoms with van der Waals surface area (Å²) in [5.41, 5.74) is 1.12. The number of hydrogen-bond donors (Lipinski definition) is 1. The molecule has 1 amide bonds. The van der Waals surface area contributed by atoms with Crippen molar-refractivity contribution in [2.75, 3.05) is 16.8 Å². The van der Waals surface area contributed by atoms with Gasteiger partial charge in [-0.05, 0) is 12.1 Å². The lowest BCUT2D eigenvalue weighted by Gasteiger charge is -2.17. The molecule has 1 aliphatic rings. The van der Waals surface area contributed by atoms with Crippen LogP contribution in [-0.2, 0) is 4.79 Å². The first-order valence-electron chi connectivity index (χ1n) is 6.61. The number of nitriles is 1. The molecular weight excluding hydrogens is 266 g/mol. The summed E-state index contributed by atoms with van der Waals surface area (Å²) in [4.78, 5) is 21.9. The maximum absolute atomic E-state index is 12.1. The highest BCUT2D eigenvalue weighted by Crippen LogP contribution is 2.23. The second-order valence-corrected chi connectivity index (χ2v) is 4.75. The third kappa shape index (κ3) is 2.67. The van der Waals surface area contributed by atoms with Crippen LogP contribution < -0.4 is 10.2 Å². The lowest BCUT2D eigenvalue weighted by molar-refractivity contribution is -0.117. The second kappa shape index (κ2) is 5.59. The standard InChI is InChI=1S/C15H13N5O/c16-9-13-15(18-7-6-17-13)19-11-8-14(21)20(10-11)12-4-2-1-3-5-12/h1-7,11H,8,10H2,(H,18,19). The van der Waals surface area contributed by atoms with E-state index in [-0.39, 0.29) is 17.6 Å². The Labute approximate surface area is 122 Å². The average molecular weight is 279 g/mol. The number of nitrogens with zero attached hydrogens (tertiary/aromatic N) is 4. The largest absolute Gasteiger partial charge is 0.363 e. The molecule has 1 atom stereocenters. The highest BCUT2D eigenvalue weighted by Gasteiger charge is 2.31. The molecule has 104 valence electrons. The van der Waals surface area contributed by atoms with Gasteiger partial charge in [-0.1, -0.05) is 18.2 Å². The molecule has 2 aromatic rings. The Kier molecular flexibility index (Phi) is 3.48. The first kappa shape index (κ1) is 13.1. The van der Waals surface area contributed by atoms with E-state index in [0.717, 1.165) is 5.69 Å². The number of benzene rings is 1. The number of carbonyl (C=O) groups excluding carboxylic acids is 1. The van der Waals surface area contributed by atoms with Crippen molar-refractivity contribution >= 4 is 17.4 Å². The van der Waals surface area contributed by atoms with Gasteiger partial charge in [-0.3, -0.25) is 4.79 Å². The summed E-state index contributed by atoms with van der Waals surface area (Å²) < 4.78 is 0. The Bertz CT molecular complexity index is 695. The molecule has 1 fully saturated rings. The van der Waals surface area contributed by atoms with Crippen LogP contribution in [0.2, 0.25) is 0 Å².